The number of methoxy groups -OCH3 is 1. The zero-order chi connectivity index (χ0) is 8.43. The first-order chi connectivity index (χ1) is 5.15. The van der Waals surface area contributed by atoms with Gasteiger partial charge >= 0.3 is 0 Å². The molecule has 0 aliphatic rings. The predicted octanol–water partition coefficient (Wildman–Crippen LogP) is 2.00. The Bertz CT molecular complexity index is 248. The van der Waals surface area contributed by atoms with Crippen LogP contribution < -0.4 is 4.74 Å². The Morgan fingerprint density at radius 1 is 1.45 bits per heavy atom. The zero-order valence-corrected chi connectivity index (χ0v) is 7.35. The van der Waals surface area contributed by atoms with Crippen molar-refractivity contribution < 1.29 is 9.84 Å². The highest BCUT2D eigenvalue weighted by atomic mass is 32.1. The monoisotopic (exact) mass is 170 g/mol. The molecule has 0 fully saturated rings. The minimum Gasteiger partial charge on any atom is -0.504 e. The maximum atomic E-state index is 9.30. The third kappa shape index (κ3) is 1.60. The lowest BCUT2D eigenvalue weighted by Gasteiger charge is -2.06. The van der Waals surface area contributed by atoms with Crippen molar-refractivity contribution in [3.8, 4) is 11.5 Å². The van der Waals surface area contributed by atoms with Gasteiger partial charge in [-0.25, -0.2) is 0 Å². The number of hydrogen-bond acceptors (Lipinski definition) is 3. The molecule has 1 N–H and O–H groups in total. The van der Waals surface area contributed by atoms with Crippen LogP contribution in [0.3, 0.4) is 0 Å². The van der Waals surface area contributed by atoms with Gasteiger partial charge in [-0.05, 0) is 24.6 Å². The SMILES string of the molecule is COc1c(C)cc(S)cc1O. The Balaban J connectivity index is 3.25. The highest BCUT2D eigenvalue weighted by Gasteiger charge is 2.04. The second-order valence-electron chi connectivity index (χ2n) is 2.32. The van der Waals surface area contributed by atoms with E-state index in [1.807, 2.05) is 13.0 Å². The molecule has 60 valence electrons. The van der Waals surface area contributed by atoms with Gasteiger partial charge in [0.1, 0.15) is 0 Å². The minimum absolute atomic E-state index is 0.137. The maximum absolute atomic E-state index is 9.30. The van der Waals surface area contributed by atoms with Gasteiger partial charge in [0.2, 0.25) is 0 Å². The van der Waals surface area contributed by atoms with Gasteiger partial charge in [-0.15, -0.1) is 12.6 Å². The number of phenols is 1. The van der Waals surface area contributed by atoms with Crippen molar-refractivity contribution >= 4 is 12.6 Å². The molecule has 0 aliphatic heterocycles. The summed E-state index contributed by atoms with van der Waals surface area (Å²) in [5, 5.41) is 9.30. The van der Waals surface area contributed by atoms with E-state index < -0.39 is 0 Å². The molecule has 0 saturated heterocycles. The van der Waals surface area contributed by atoms with Crippen LogP contribution in [0.25, 0.3) is 0 Å². The largest absolute Gasteiger partial charge is 0.504 e. The standard InChI is InChI=1S/C8H10O2S/c1-5-3-6(11)4-7(9)8(5)10-2/h3-4,9,11H,1-2H3. The van der Waals surface area contributed by atoms with E-state index in [1.165, 1.54) is 7.11 Å². The number of hydrogen-bond donors (Lipinski definition) is 2. The van der Waals surface area contributed by atoms with Crippen LogP contribution in [0.4, 0.5) is 0 Å². The molecule has 1 rings (SSSR count). The van der Waals surface area contributed by atoms with Crippen LogP contribution in [0.2, 0.25) is 0 Å². The van der Waals surface area contributed by atoms with Crippen LogP contribution in [-0.2, 0) is 0 Å². The van der Waals surface area contributed by atoms with E-state index in [1.54, 1.807) is 6.07 Å². The molecule has 0 aromatic heterocycles. The summed E-state index contributed by atoms with van der Waals surface area (Å²) in [6.07, 6.45) is 0. The molecule has 0 aliphatic carbocycles. The molecule has 11 heavy (non-hydrogen) atoms. The van der Waals surface area contributed by atoms with Gasteiger partial charge in [0.15, 0.2) is 11.5 Å². The van der Waals surface area contributed by atoms with Gasteiger partial charge in [-0.2, -0.15) is 0 Å². The Labute approximate surface area is 71.2 Å². The molecule has 3 heteroatoms. The van der Waals surface area contributed by atoms with Crippen molar-refractivity contribution in [3.05, 3.63) is 17.7 Å². The molecular formula is C8H10O2S. The summed E-state index contributed by atoms with van der Waals surface area (Å²) < 4.78 is 4.95. The quantitative estimate of drug-likeness (QED) is 0.631. The second kappa shape index (κ2) is 3.05. The fraction of sp³-hybridized carbons (Fsp3) is 0.250. The molecule has 0 bridgehead atoms. The first kappa shape index (κ1) is 8.27. The highest BCUT2D eigenvalue weighted by Crippen LogP contribution is 2.31. The molecule has 2 nitrogen and oxygen atoms in total. The van der Waals surface area contributed by atoms with Gasteiger partial charge in [-0.3, -0.25) is 0 Å². The van der Waals surface area contributed by atoms with E-state index in [0.717, 1.165) is 10.5 Å². The fourth-order valence-electron chi connectivity index (χ4n) is 1.00. The maximum Gasteiger partial charge on any atom is 0.163 e. The first-order valence-electron chi connectivity index (χ1n) is 3.21. The number of benzene rings is 1. The molecular weight excluding hydrogens is 160 g/mol. The number of thiol groups is 1. The molecule has 0 atom stereocenters. The molecule has 0 spiro atoms. The van der Waals surface area contributed by atoms with Crippen LogP contribution in [0.15, 0.2) is 17.0 Å². The summed E-state index contributed by atoms with van der Waals surface area (Å²) in [5.41, 5.74) is 0.887. The number of phenolic OH excluding ortho intramolecular Hbond substituents is 1. The molecule has 0 heterocycles. The van der Waals surface area contributed by atoms with E-state index in [2.05, 4.69) is 12.6 Å². The summed E-state index contributed by atoms with van der Waals surface area (Å²) in [6, 6.07) is 3.39. The lowest BCUT2D eigenvalue weighted by Crippen LogP contribution is -1.87. The molecule has 0 unspecified atom stereocenters. The third-order valence-electron chi connectivity index (χ3n) is 1.44. The Kier molecular flexibility index (Phi) is 2.29. The average molecular weight is 170 g/mol. The van der Waals surface area contributed by atoms with Gasteiger partial charge in [0, 0.05) is 4.90 Å². The van der Waals surface area contributed by atoms with Crippen molar-refractivity contribution in [2.24, 2.45) is 0 Å². The predicted molar refractivity (Wildman–Crippen MR) is 46.6 cm³/mol. The van der Waals surface area contributed by atoms with Gasteiger partial charge in [0.05, 0.1) is 7.11 Å². The normalized spacial score (nSPS) is 9.73. The molecule has 1 aromatic carbocycles. The van der Waals surface area contributed by atoms with E-state index in [0.29, 0.717) is 5.75 Å². The first-order valence-corrected chi connectivity index (χ1v) is 3.66. The summed E-state index contributed by atoms with van der Waals surface area (Å²) in [5.74, 6) is 0.653. The van der Waals surface area contributed by atoms with Crippen LogP contribution in [0, 0.1) is 6.92 Å². The van der Waals surface area contributed by atoms with E-state index in [4.69, 9.17) is 4.74 Å². The highest BCUT2D eigenvalue weighted by molar-refractivity contribution is 7.80. The van der Waals surface area contributed by atoms with Crippen molar-refractivity contribution in [2.45, 2.75) is 11.8 Å². The second-order valence-corrected chi connectivity index (χ2v) is 2.83. The third-order valence-corrected chi connectivity index (χ3v) is 1.70. The van der Waals surface area contributed by atoms with Gasteiger partial charge in [0.25, 0.3) is 0 Å². The lowest BCUT2D eigenvalue weighted by molar-refractivity contribution is 0.370. The summed E-state index contributed by atoms with van der Waals surface area (Å²) >= 11 is 4.09. The number of rotatable bonds is 1. The Hall–Kier alpha value is -0.830. The van der Waals surface area contributed by atoms with Crippen LogP contribution in [-0.4, -0.2) is 12.2 Å². The summed E-state index contributed by atoms with van der Waals surface area (Å²) in [6.45, 7) is 1.86. The topological polar surface area (TPSA) is 29.5 Å². The van der Waals surface area contributed by atoms with E-state index in [-0.39, 0.29) is 5.75 Å². The summed E-state index contributed by atoms with van der Waals surface area (Å²) in [7, 11) is 1.53. The molecule has 0 amide bonds. The number of ether oxygens (including phenoxy) is 1. The van der Waals surface area contributed by atoms with Gasteiger partial charge < -0.3 is 9.84 Å². The fourth-order valence-corrected chi connectivity index (χ4v) is 1.32. The van der Waals surface area contributed by atoms with Crippen molar-refractivity contribution in [1.29, 1.82) is 0 Å². The van der Waals surface area contributed by atoms with Crippen molar-refractivity contribution in [3.63, 3.8) is 0 Å². The van der Waals surface area contributed by atoms with Crippen molar-refractivity contribution in [2.75, 3.05) is 7.11 Å². The zero-order valence-electron chi connectivity index (χ0n) is 6.46. The Morgan fingerprint density at radius 3 is 2.55 bits per heavy atom. The number of aryl methyl sites for hydroxylation is 1. The average Bonchev–Trinajstić information content (AvgIpc) is 1.85. The van der Waals surface area contributed by atoms with Crippen LogP contribution in [0.5, 0.6) is 11.5 Å². The molecule has 0 saturated carbocycles. The minimum atomic E-state index is 0.137. The number of aromatic hydroxyl groups is 1. The molecule has 0 radical (unpaired) electrons. The van der Waals surface area contributed by atoms with E-state index >= 15 is 0 Å². The molecule has 1 aromatic rings. The van der Waals surface area contributed by atoms with Gasteiger partial charge in [-0.1, -0.05) is 0 Å². The Morgan fingerprint density at radius 2 is 2.09 bits per heavy atom. The summed E-state index contributed by atoms with van der Waals surface area (Å²) in [4.78, 5) is 0.737. The van der Waals surface area contributed by atoms with Crippen LogP contribution >= 0.6 is 12.6 Å². The van der Waals surface area contributed by atoms with Crippen molar-refractivity contribution in [1.82, 2.24) is 0 Å². The van der Waals surface area contributed by atoms with E-state index in [9.17, 15) is 5.11 Å². The smallest absolute Gasteiger partial charge is 0.163 e. The van der Waals surface area contributed by atoms with Crippen LogP contribution in [0.1, 0.15) is 5.56 Å². The lowest BCUT2D eigenvalue weighted by atomic mass is 10.2.